The molecule has 2 aromatic heterocycles. The molecule has 108 valence electrons. The maximum Gasteiger partial charge on any atom is 0.232 e. The molecule has 0 fully saturated rings. The summed E-state index contributed by atoms with van der Waals surface area (Å²) in [7, 11) is 1.75. The van der Waals surface area contributed by atoms with Crippen LogP contribution < -0.4 is 10.1 Å². The third-order valence-electron chi connectivity index (χ3n) is 3.06. The van der Waals surface area contributed by atoms with Crippen LogP contribution in [0.1, 0.15) is 10.4 Å². The number of fused-ring (bicyclic) bond motifs is 1. The van der Waals surface area contributed by atoms with Crippen molar-refractivity contribution in [3.8, 4) is 11.6 Å². The number of hydrogen-bond acceptors (Lipinski definition) is 5. The molecule has 1 aromatic carbocycles. The van der Waals surface area contributed by atoms with E-state index in [-0.39, 0.29) is 5.82 Å². The number of nitrogens with zero attached hydrogens (tertiary/aromatic N) is 2. The second-order valence-corrected chi connectivity index (χ2v) is 5.93. The van der Waals surface area contributed by atoms with Crippen LogP contribution in [0.5, 0.6) is 11.6 Å². The average Bonchev–Trinajstić information content (AvgIpc) is 2.83. The Morgan fingerprint density at radius 3 is 2.71 bits per heavy atom. The molecule has 0 bridgehead atoms. The molecule has 4 nitrogen and oxygen atoms in total. The monoisotopic (exact) mass is 303 g/mol. The molecule has 0 aliphatic heterocycles. The van der Waals surface area contributed by atoms with E-state index < -0.39 is 0 Å². The Hall–Kier alpha value is -2.21. The summed E-state index contributed by atoms with van der Waals surface area (Å²) in [6.07, 6.45) is 0. The topological polar surface area (TPSA) is 47.0 Å². The number of aryl methyl sites for hydroxylation is 2. The molecule has 0 aliphatic rings. The molecule has 3 aromatic rings. The van der Waals surface area contributed by atoms with E-state index >= 15 is 0 Å². The van der Waals surface area contributed by atoms with Crippen LogP contribution in [-0.2, 0) is 0 Å². The molecule has 0 saturated heterocycles. The summed E-state index contributed by atoms with van der Waals surface area (Å²) < 4.78 is 19.4. The molecule has 1 N–H and O–H groups in total. The zero-order valence-corrected chi connectivity index (χ0v) is 12.7. The molecule has 21 heavy (non-hydrogen) atoms. The Kier molecular flexibility index (Phi) is 3.47. The number of benzene rings is 1. The van der Waals surface area contributed by atoms with Crippen molar-refractivity contribution in [2.24, 2.45) is 0 Å². The molecular formula is C15H14FN3OS. The van der Waals surface area contributed by atoms with Gasteiger partial charge in [-0.1, -0.05) is 6.07 Å². The van der Waals surface area contributed by atoms with Gasteiger partial charge < -0.3 is 10.1 Å². The SMILES string of the molecule is CNc1nc(Oc2ccc(C)c(F)c2)c2cc(C)sc2n1. The fraction of sp³-hybridized carbons (Fsp3) is 0.200. The number of anilines is 1. The highest BCUT2D eigenvalue weighted by molar-refractivity contribution is 7.18. The number of ether oxygens (including phenoxy) is 1. The van der Waals surface area contributed by atoms with Gasteiger partial charge in [-0.3, -0.25) is 0 Å². The zero-order chi connectivity index (χ0) is 15.0. The van der Waals surface area contributed by atoms with Gasteiger partial charge in [0.2, 0.25) is 11.8 Å². The van der Waals surface area contributed by atoms with E-state index in [1.165, 1.54) is 6.07 Å². The molecule has 2 heterocycles. The summed E-state index contributed by atoms with van der Waals surface area (Å²) >= 11 is 1.57. The number of halogens is 1. The summed E-state index contributed by atoms with van der Waals surface area (Å²) in [5.41, 5.74) is 0.581. The summed E-state index contributed by atoms with van der Waals surface area (Å²) in [4.78, 5) is 10.7. The first kappa shape index (κ1) is 13.8. The fourth-order valence-corrected chi connectivity index (χ4v) is 2.82. The van der Waals surface area contributed by atoms with Gasteiger partial charge >= 0.3 is 0 Å². The van der Waals surface area contributed by atoms with Crippen LogP contribution in [0.2, 0.25) is 0 Å². The lowest BCUT2D eigenvalue weighted by atomic mass is 10.2. The van der Waals surface area contributed by atoms with Crippen molar-refractivity contribution in [3.63, 3.8) is 0 Å². The second kappa shape index (κ2) is 5.29. The van der Waals surface area contributed by atoms with Crippen LogP contribution in [-0.4, -0.2) is 17.0 Å². The summed E-state index contributed by atoms with van der Waals surface area (Å²) in [5, 5.41) is 3.74. The molecule has 0 radical (unpaired) electrons. The smallest absolute Gasteiger partial charge is 0.232 e. The quantitative estimate of drug-likeness (QED) is 0.784. The van der Waals surface area contributed by atoms with Gasteiger partial charge in [-0.25, -0.2) is 9.37 Å². The van der Waals surface area contributed by atoms with Crippen molar-refractivity contribution < 1.29 is 9.13 Å². The van der Waals surface area contributed by atoms with Crippen molar-refractivity contribution in [1.29, 1.82) is 0 Å². The van der Waals surface area contributed by atoms with Gasteiger partial charge in [-0.15, -0.1) is 11.3 Å². The fourth-order valence-electron chi connectivity index (χ4n) is 1.95. The summed E-state index contributed by atoms with van der Waals surface area (Å²) in [5.74, 6) is 1.03. The molecular weight excluding hydrogens is 289 g/mol. The van der Waals surface area contributed by atoms with E-state index in [1.54, 1.807) is 37.4 Å². The number of rotatable bonds is 3. The van der Waals surface area contributed by atoms with Crippen LogP contribution in [0.3, 0.4) is 0 Å². The van der Waals surface area contributed by atoms with Gasteiger partial charge in [0.05, 0.1) is 5.39 Å². The van der Waals surface area contributed by atoms with Gasteiger partial charge in [0.25, 0.3) is 0 Å². The minimum Gasteiger partial charge on any atom is -0.438 e. The second-order valence-electron chi connectivity index (χ2n) is 4.69. The van der Waals surface area contributed by atoms with Crippen LogP contribution in [0.15, 0.2) is 24.3 Å². The zero-order valence-electron chi connectivity index (χ0n) is 11.9. The van der Waals surface area contributed by atoms with Crippen LogP contribution >= 0.6 is 11.3 Å². The standard InChI is InChI=1S/C15H14FN3OS/c1-8-4-5-10(7-12(8)16)20-13-11-6-9(2)21-14(11)19-15(17-3)18-13/h4-7H,1-3H3,(H,17,18,19). The van der Waals surface area contributed by atoms with Crippen molar-refractivity contribution in [1.82, 2.24) is 9.97 Å². The summed E-state index contributed by atoms with van der Waals surface area (Å²) in [6.45, 7) is 3.71. The van der Waals surface area contributed by atoms with Gasteiger partial charge in [0, 0.05) is 18.0 Å². The molecule has 0 amide bonds. The largest absolute Gasteiger partial charge is 0.438 e. The molecule has 3 rings (SSSR count). The van der Waals surface area contributed by atoms with E-state index in [9.17, 15) is 4.39 Å². The maximum atomic E-state index is 13.6. The molecule has 0 aliphatic carbocycles. The van der Waals surface area contributed by atoms with E-state index in [4.69, 9.17) is 4.74 Å². The molecule has 0 saturated carbocycles. The van der Waals surface area contributed by atoms with Crippen LogP contribution in [0.4, 0.5) is 10.3 Å². The predicted molar refractivity (Wildman–Crippen MR) is 82.9 cm³/mol. The Labute approximate surface area is 125 Å². The van der Waals surface area contributed by atoms with Gasteiger partial charge in [0.1, 0.15) is 16.4 Å². The first-order valence-corrected chi connectivity index (χ1v) is 7.28. The third-order valence-corrected chi connectivity index (χ3v) is 4.01. The average molecular weight is 303 g/mol. The van der Waals surface area contributed by atoms with Gasteiger partial charge in [-0.2, -0.15) is 4.98 Å². The van der Waals surface area contributed by atoms with Gasteiger partial charge in [-0.05, 0) is 31.5 Å². The Morgan fingerprint density at radius 1 is 1.19 bits per heavy atom. The number of nitrogens with one attached hydrogen (secondary N) is 1. The highest BCUT2D eigenvalue weighted by atomic mass is 32.1. The molecule has 0 atom stereocenters. The van der Waals surface area contributed by atoms with E-state index in [0.717, 1.165) is 15.1 Å². The Bertz CT molecular complexity index is 816. The Morgan fingerprint density at radius 2 is 2.00 bits per heavy atom. The van der Waals surface area contributed by atoms with Crippen molar-refractivity contribution >= 4 is 27.5 Å². The van der Waals surface area contributed by atoms with E-state index in [2.05, 4.69) is 15.3 Å². The summed E-state index contributed by atoms with van der Waals surface area (Å²) in [6, 6.07) is 6.74. The number of hydrogen-bond donors (Lipinski definition) is 1. The minimum absolute atomic E-state index is 0.298. The van der Waals surface area contributed by atoms with E-state index in [0.29, 0.717) is 23.1 Å². The van der Waals surface area contributed by atoms with E-state index in [1.807, 2.05) is 13.0 Å². The number of aromatic nitrogens is 2. The highest BCUT2D eigenvalue weighted by Crippen LogP contribution is 2.33. The lowest BCUT2D eigenvalue weighted by molar-refractivity contribution is 0.463. The predicted octanol–water partition coefficient (Wildman–Crippen LogP) is 4.28. The van der Waals surface area contributed by atoms with Gasteiger partial charge in [0.15, 0.2) is 0 Å². The first-order chi connectivity index (χ1) is 10.1. The van der Waals surface area contributed by atoms with Crippen molar-refractivity contribution in [2.75, 3.05) is 12.4 Å². The van der Waals surface area contributed by atoms with Crippen molar-refractivity contribution in [3.05, 3.63) is 40.5 Å². The normalized spacial score (nSPS) is 10.9. The Balaban J connectivity index is 2.07. The highest BCUT2D eigenvalue weighted by Gasteiger charge is 2.12. The van der Waals surface area contributed by atoms with Crippen LogP contribution in [0, 0.1) is 19.7 Å². The van der Waals surface area contributed by atoms with Crippen LogP contribution in [0.25, 0.3) is 10.2 Å². The van der Waals surface area contributed by atoms with Crippen molar-refractivity contribution in [2.45, 2.75) is 13.8 Å². The lowest BCUT2D eigenvalue weighted by Gasteiger charge is -2.08. The third kappa shape index (κ3) is 2.67. The first-order valence-electron chi connectivity index (χ1n) is 6.47. The lowest BCUT2D eigenvalue weighted by Crippen LogP contribution is -1.98. The molecule has 0 unspecified atom stereocenters. The maximum absolute atomic E-state index is 13.6. The molecule has 6 heteroatoms. The number of thiophene rings is 1. The molecule has 0 spiro atoms. The minimum atomic E-state index is -0.298.